The van der Waals surface area contributed by atoms with E-state index >= 15 is 0 Å². The van der Waals surface area contributed by atoms with Gasteiger partial charge in [0.25, 0.3) is 0 Å². The Balaban J connectivity index is 1.65. The van der Waals surface area contributed by atoms with Crippen molar-refractivity contribution in [3.63, 3.8) is 0 Å². The van der Waals surface area contributed by atoms with Crippen LogP contribution in [0.1, 0.15) is 37.5 Å². The molecule has 0 spiro atoms. The maximum Gasteiger partial charge on any atom is 0.0931 e. The first kappa shape index (κ1) is 13.0. The van der Waals surface area contributed by atoms with Gasteiger partial charge in [-0.1, -0.05) is 31.4 Å². The summed E-state index contributed by atoms with van der Waals surface area (Å²) in [7, 11) is 0. The molecule has 3 heteroatoms. The van der Waals surface area contributed by atoms with E-state index in [2.05, 4.69) is 18.3 Å². The van der Waals surface area contributed by atoms with Crippen molar-refractivity contribution < 1.29 is 0 Å². The molecule has 0 aliphatic heterocycles. The second-order valence-electron chi connectivity index (χ2n) is 5.76. The summed E-state index contributed by atoms with van der Waals surface area (Å²) in [6.45, 7) is 3.31. The van der Waals surface area contributed by atoms with Gasteiger partial charge in [0.2, 0.25) is 0 Å². The minimum Gasteiger partial charge on any atom is -0.314 e. The topological polar surface area (TPSA) is 12.0 Å². The van der Waals surface area contributed by atoms with Crippen molar-refractivity contribution in [1.29, 1.82) is 0 Å². The molecule has 0 bridgehead atoms. The van der Waals surface area contributed by atoms with E-state index in [-0.39, 0.29) is 0 Å². The summed E-state index contributed by atoms with van der Waals surface area (Å²) < 4.78 is 0.925. The highest BCUT2D eigenvalue weighted by atomic mass is 35.5. The molecule has 1 heterocycles. The second kappa shape index (κ2) is 5.52. The van der Waals surface area contributed by atoms with E-state index in [1.807, 2.05) is 6.07 Å². The van der Waals surface area contributed by atoms with Gasteiger partial charge in [0.15, 0.2) is 0 Å². The van der Waals surface area contributed by atoms with Gasteiger partial charge in [-0.2, -0.15) is 0 Å². The monoisotopic (exact) mass is 283 g/mol. The van der Waals surface area contributed by atoms with Crippen LogP contribution in [0.3, 0.4) is 0 Å². The van der Waals surface area contributed by atoms with Gasteiger partial charge in [-0.05, 0) is 55.7 Å². The molecule has 0 saturated heterocycles. The van der Waals surface area contributed by atoms with Gasteiger partial charge in [0.05, 0.1) is 4.34 Å². The van der Waals surface area contributed by atoms with Crippen LogP contribution in [0.25, 0.3) is 0 Å². The third-order valence-corrected chi connectivity index (χ3v) is 5.96. The third-order valence-electron chi connectivity index (χ3n) is 4.70. The summed E-state index contributed by atoms with van der Waals surface area (Å²) in [6.07, 6.45) is 7.04. The molecule has 1 aromatic rings. The Labute approximate surface area is 119 Å². The number of fused-ring (bicyclic) bond motifs is 1. The van der Waals surface area contributed by atoms with Crippen LogP contribution >= 0.6 is 22.9 Å². The fraction of sp³-hybridized carbons (Fsp3) is 0.733. The van der Waals surface area contributed by atoms with Crippen LogP contribution in [-0.4, -0.2) is 12.6 Å². The molecule has 0 amide bonds. The van der Waals surface area contributed by atoms with E-state index in [0.717, 1.165) is 28.6 Å². The Morgan fingerprint density at radius 3 is 2.61 bits per heavy atom. The van der Waals surface area contributed by atoms with Crippen molar-refractivity contribution in [2.24, 2.45) is 17.8 Å². The zero-order valence-corrected chi connectivity index (χ0v) is 12.6. The molecule has 3 unspecified atom stereocenters. The van der Waals surface area contributed by atoms with Gasteiger partial charge in [0, 0.05) is 10.9 Å². The van der Waals surface area contributed by atoms with Gasteiger partial charge in [-0.3, -0.25) is 0 Å². The Kier molecular flexibility index (Phi) is 3.97. The Morgan fingerprint density at radius 1 is 1.33 bits per heavy atom. The van der Waals surface area contributed by atoms with Crippen LogP contribution in [0.15, 0.2) is 12.1 Å². The number of halogens is 1. The first-order chi connectivity index (χ1) is 8.79. The summed E-state index contributed by atoms with van der Waals surface area (Å²) in [6, 6.07) is 4.91. The molecule has 3 rings (SSSR count). The lowest BCUT2D eigenvalue weighted by Crippen LogP contribution is -2.33. The number of hydrogen-bond donors (Lipinski definition) is 1. The standard InChI is InChI=1S/C15H22ClNS/c1-2-17-13(9-10-7-8-14(16)18-10)15-11-5-3-4-6-12(11)15/h7-8,11-13,15,17H,2-6,9H2,1H3. The number of thiophene rings is 1. The van der Waals surface area contributed by atoms with Crippen molar-refractivity contribution in [2.45, 2.75) is 45.1 Å². The van der Waals surface area contributed by atoms with E-state index in [4.69, 9.17) is 11.6 Å². The van der Waals surface area contributed by atoms with Crippen LogP contribution in [0.5, 0.6) is 0 Å². The molecule has 2 aliphatic carbocycles. The lowest BCUT2D eigenvalue weighted by Gasteiger charge is -2.17. The van der Waals surface area contributed by atoms with Gasteiger partial charge < -0.3 is 5.32 Å². The highest BCUT2D eigenvalue weighted by Crippen LogP contribution is 2.57. The number of hydrogen-bond acceptors (Lipinski definition) is 2. The first-order valence-electron chi connectivity index (χ1n) is 7.27. The average Bonchev–Trinajstić information content (AvgIpc) is 2.96. The van der Waals surface area contributed by atoms with E-state index in [1.54, 1.807) is 11.3 Å². The molecule has 100 valence electrons. The third kappa shape index (κ3) is 2.61. The number of rotatable bonds is 5. The molecule has 2 aliphatic rings. The Bertz CT molecular complexity index is 391. The van der Waals surface area contributed by atoms with Crippen LogP contribution < -0.4 is 5.32 Å². The Morgan fingerprint density at radius 2 is 2.06 bits per heavy atom. The number of nitrogens with one attached hydrogen (secondary N) is 1. The second-order valence-corrected chi connectivity index (χ2v) is 7.56. The van der Waals surface area contributed by atoms with Crippen molar-refractivity contribution in [2.75, 3.05) is 6.54 Å². The van der Waals surface area contributed by atoms with E-state index < -0.39 is 0 Å². The molecule has 2 saturated carbocycles. The van der Waals surface area contributed by atoms with Crippen molar-refractivity contribution in [3.8, 4) is 0 Å². The summed E-state index contributed by atoms with van der Waals surface area (Å²) in [4.78, 5) is 1.44. The molecule has 0 aromatic carbocycles. The lowest BCUT2D eigenvalue weighted by atomic mass is 10.0. The van der Waals surface area contributed by atoms with Gasteiger partial charge in [-0.25, -0.2) is 0 Å². The zero-order chi connectivity index (χ0) is 12.5. The van der Waals surface area contributed by atoms with E-state index in [1.165, 1.54) is 37.0 Å². The fourth-order valence-corrected chi connectivity index (χ4v) is 5.08. The quantitative estimate of drug-likeness (QED) is 0.847. The largest absolute Gasteiger partial charge is 0.314 e. The number of likely N-dealkylation sites (N-methyl/N-ethyl adjacent to an activating group) is 1. The minimum atomic E-state index is 0.679. The smallest absolute Gasteiger partial charge is 0.0931 e. The lowest BCUT2D eigenvalue weighted by molar-refractivity contribution is 0.440. The van der Waals surface area contributed by atoms with Crippen LogP contribution in [-0.2, 0) is 6.42 Å². The molecular formula is C15H22ClNS. The van der Waals surface area contributed by atoms with Crippen molar-refractivity contribution in [1.82, 2.24) is 5.32 Å². The Hall–Kier alpha value is -0.0500. The van der Waals surface area contributed by atoms with E-state index in [9.17, 15) is 0 Å². The highest BCUT2D eigenvalue weighted by Gasteiger charge is 2.53. The molecule has 3 atom stereocenters. The molecule has 1 aromatic heterocycles. The van der Waals surface area contributed by atoms with Gasteiger partial charge in [0.1, 0.15) is 0 Å². The van der Waals surface area contributed by atoms with Gasteiger partial charge >= 0.3 is 0 Å². The molecule has 2 fully saturated rings. The van der Waals surface area contributed by atoms with Crippen molar-refractivity contribution in [3.05, 3.63) is 21.3 Å². The van der Waals surface area contributed by atoms with E-state index in [0.29, 0.717) is 6.04 Å². The molecule has 18 heavy (non-hydrogen) atoms. The SMILES string of the molecule is CCNC(Cc1ccc(Cl)s1)C1C2CCCCC21. The molecular weight excluding hydrogens is 262 g/mol. The maximum absolute atomic E-state index is 6.04. The van der Waals surface area contributed by atoms with Crippen LogP contribution in [0, 0.1) is 17.8 Å². The molecule has 1 N–H and O–H groups in total. The first-order valence-corrected chi connectivity index (χ1v) is 8.46. The predicted octanol–water partition coefficient (Wildman–Crippen LogP) is 4.36. The molecule has 1 nitrogen and oxygen atoms in total. The average molecular weight is 284 g/mol. The van der Waals surface area contributed by atoms with Crippen LogP contribution in [0.2, 0.25) is 4.34 Å². The van der Waals surface area contributed by atoms with Crippen LogP contribution in [0.4, 0.5) is 0 Å². The normalized spacial score (nSPS) is 32.0. The molecule has 0 radical (unpaired) electrons. The summed E-state index contributed by atoms with van der Waals surface area (Å²) in [5.41, 5.74) is 0. The predicted molar refractivity (Wildman–Crippen MR) is 79.4 cm³/mol. The maximum atomic E-state index is 6.04. The summed E-state index contributed by atoms with van der Waals surface area (Å²) in [5.74, 6) is 2.99. The fourth-order valence-electron chi connectivity index (χ4n) is 3.93. The zero-order valence-electron chi connectivity index (χ0n) is 11.0. The van der Waals surface area contributed by atoms with Gasteiger partial charge in [-0.15, -0.1) is 11.3 Å². The summed E-state index contributed by atoms with van der Waals surface area (Å²) >= 11 is 7.78. The minimum absolute atomic E-state index is 0.679. The summed E-state index contributed by atoms with van der Waals surface area (Å²) in [5, 5.41) is 3.72. The van der Waals surface area contributed by atoms with Crippen molar-refractivity contribution >= 4 is 22.9 Å². The highest BCUT2D eigenvalue weighted by molar-refractivity contribution is 7.16.